The molecule has 0 amide bonds. The Balaban J connectivity index is 0. The number of aliphatic hydroxyl groups is 1. The van der Waals surface area contributed by atoms with Crippen LogP contribution in [-0.4, -0.2) is 37.0 Å². The van der Waals surface area contributed by atoms with Crippen LogP contribution in [0.3, 0.4) is 0 Å². The van der Waals surface area contributed by atoms with Crippen molar-refractivity contribution in [3.63, 3.8) is 0 Å². The highest BCUT2D eigenvalue weighted by atomic mass is 35.5. The highest BCUT2D eigenvalue weighted by Gasteiger charge is 2.18. The van der Waals surface area contributed by atoms with Crippen LogP contribution in [0.1, 0.15) is 58.3 Å². The first-order valence-electron chi connectivity index (χ1n) is 6.47. The molecule has 0 spiro atoms. The standard InChI is InChI=1S/C13H30NO.ClH/c1-5-6-7-8-9-10-11-12-13(15)14(2,3)4;/h13,15H,5-12H2,1-4H3;1H/q+1;/p-1. The van der Waals surface area contributed by atoms with Gasteiger partial charge in [-0.3, -0.25) is 0 Å². The summed E-state index contributed by atoms with van der Waals surface area (Å²) in [6, 6.07) is 0. The summed E-state index contributed by atoms with van der Waals surface area (Å²) in [5.41, 5.74) is 0. The molecule has 0 radical (unpaired) electrons. The summed E-state index contributed by atoms with van der Waals surface area (Å²) in [4.78, 5) is 0. The van der Waals surface area contributed by atoms with Crippen LogP contribution in [0.25, 0.3) is 0 Å². The molecule has 2 nitrogen and oxygen atoms in total. The van der Waals surface area contributed by atoms with Crippen molar-refractivity contribution in [1.82, 2.24) is 0 Å². The van der Waals surface area contributed by atoms with Gasteiger partial charge < -0.3 is 22.0 Å². The van der Waals surface area contributed by atoms with Crippen LogP contribution in [0.2, 0.25) is 0 Å². The fourth-order valence-electron chi connectivity index (χ4n) is 1.67. The van der Waals surface area contributed by atoms with Crippen molar-refractivity contribution < 1.29 is 22.0 Å². The molecule has 0 aromatic rings. The molecule has 0 aliphatic rings. The molecule has 1 unspecified atom stereocenters. The molecule has 1 N–H and O–H groups in total. The Bertz CT molecular complexity index is 145. The molecule has 100 valence electrons. The summed E-state index contributed by atoms with van der Waals surface area (Å²) < 4.78 is 0.663. The summed E-state index contributed by atoms with van der Waals surface area (Å²) >= 11 is 0. The van der Waals surface area contributed by atoms with Crippen molar-refractivity contribution in [1.29, 1.82) is 0 Å². The summed E-state index contributed by atoms with van der Waals surface area (Å²) in [6.07, 6.45) is 9.98. The van der Waals surface area contributed by atoms with Crippen molar-refractivity contribution in [2.24, 2.45) is 0 Å². The van der Waals surface area contributed by atoms with Crippen LogP contribution in [0.4, 0.5) is 0 Å². The first-order valence-corrected chi connectivity index (χ1v) is 6.47. The quantitative estimate of drug-likeness (QED) is 0.352. The second-order valence-corrected chi connectivity index (χ2v) is 5.51. The molecule has 0 aromatic carbocycles. The number of rotatable bonds is 9. The molecule has 1 atom stereocenters. The molecule has 0 heterocycles. The molecular weight excluding hydrogens is 222 g/mol. The zero-order valence-electron chi connectivity index (χ0n) is 11.5. The van der Waals surface area contributed by atoms with Crippen LogP contribution >= 0.6 is 0 Å². The van der Waals surface area contributed by atoms with Gasteiger partial charge in [-0.1, -0.05) is 45.4 Å². The van der Waals surface area contributed by atoms with Crippen molar-refractivity contribution in [3.8, 4) is 0 Å². The Hall–Kier alpha value is 0.210. The average molecular weight is 252 g/mol. The van der Waals surface area contributed by atoms with Gasteiger partial charge in [-0.2, -0.15) is 0 Å². The molecule has 0 saturated heterocycles. The Morgan fingerprint density at radius 3 is 1.75 bits per heavy atom. The number of nitrogens with zero attached hydrogens (tertiary/aromatic N) is 1. The van der Waals surface area contributed by atoms with E-state index < -0.39 is 0 Å². The lowest BCUT2D eigenvalue weighted by molar-refractivity contribution is -0.919. The van der Waals surface area contributed by atoms with Gasteiger partial charge in [0.15, 0.2) is 6.23 Å². The Morgan fingerprint density at radius 2 is 1.31 bits per heavy atom. The van der Waals surface area contributed by atoms with Crippen LogP contribution < -0.4 is 12.4 Å². The number of hydrogen-bond donors (Lipinski definition) is 1. The van der Waals surface area contributed by atoms with E-state index in [0.717, 1.165) is 6.42 Å². The molecule has 0 aliphatic heterocycles. The molecule has 0 rings (SSSR count). The first-order chi connectivity index (χ1) is 6.98. The van der Waals surface area contributed by atoms with E-state index in [1.165, 1.54) is 44.9 Å². The summed E-state index contributed by atoms with van der Waals surface area (Å²) in [7, 11) is 6.14. The van der Waals surface area contributed by atoms with Crippen molar-refractivity contribution in [2.75, 3.05) is 21.1 Å². The topological polar surface area (TPSA) is 20.2 Å². The number of halogens is 1. The van der Waals surface area contributed by atoms with Gasteiger partial charge in [-0.25, -0.2) is 0 Å². The van der Waals surface area contributed by atoms with Crippen LogP contribution in [0.5, 0.6) is 0 Å². The molecular formula is C13H30ClNO. The normalized spacial score (nSPS) is 13.3. The van der Waals surface area contributed by atoms with Crippen molar-refractivity contribution >= 4 is 0 Å². The van der Waals surface area contributed by atoms with E-state index in [2.05, 4.69) is 6.92 Å². The second-order valence-electron chi connectivity index (χ2n) is 5.51. The molecule has 0 saturated carbocycles. The van der Waals surface area contributed by atoms with Crippen LogP contribution in [0, 0.1) is 0 Å². The van der Waals surface area contributed by atoms with Crippen LogP contribution in [0.15, 0.2) is 0 Å². The van der Waals surface area contributed by atoms with Gasteiger partial charge in [0.2, 0.25) is 0 Å². The van der Waals surface area contributed by atoms with Gasteiger partial charge in [0, 0.05) is 6.42 Å². The number of hydrogen-bond acceptors (Lipinski definition) is 1. The van der Waals surface area contributed by atoms with E-state index in [-0.39, 0.29) is 18.6 Å². The smallest absolute Gasteiger partial charge is 0.189 e. The number of aliphatic hydroxyl groups excluding tert-OH is 1. The highest BCUT2D eigenvalue weighted by Crippen LogP contribution is 2.12. The molecule has 16 heavy (non-hydrogen) atoms. The maximum absolute atomic E-state index is 9.80. The maximum atomic E-state index is 9.80. The predicted molar refractivity (Wildman–Crippen MR) is 66.6 cm³/mol. The van der Waals surface area contributed by atoms with Crippen molar-refractivity contribution in [2.45, 2.75) is 64.5 Å². The van der Waals surface area contributed by atoms with Crippen molar-refractivity contribution in [3.05, 3.63) is 0 Å². The Morgan fingerprint density at radius 1 is 0.875 bits per heavy atom. The third-order valence-corrected chi connectivity index (χ3v) is 2.96. The molecule has 0 fully saturated rings. The third-order valence-electron chi connectivity index (χ3n) is 2.96. The average Bonchev–Trinajstić information content (AvgIpc) is 2.14. The second kappa shape index (κ2) is 10.4. The highest BCUT2D eigenvalue weighted by molar-refractivity contribution is 4.47. The molecule has 0 aromatic heterocycles. The predicted octanol–water partition coefficient (Wildman–Crippen LogP) is 0.156. The zero-order valence-corrected chi connectivity index (χ0v) is 12.3. The fraction of sp³-hybridized carbons (Fsp3) is 1.00. The molecule has 3 heteroatoms. The van der Waals surface area contributed by atoms with Gasteiger partial charge in [0.25, 0.3) is 0 Å². The summed E-state index contributed by atoms with van der Waals surface area (Å²) in [5, 5.41) is 9.80. The maximum Gasteiger partial charge on any atom is 0.189 e. The SMILES string of the molecule is CCCCCCCCCC(O)[N+](C)(C)C.[Cl-]. The third kappa shape index (κ3) is 10.7. The van der Waals surface area contributed by atoms with Gasteiger partial charge in [-0.05, 0) is 6.42 Å². The van der Waals surface area contributed by atoms with E-state index in [4.69, 9.17) is 0 Å². The van der Waals surface area contributed by atoms with Gasteiger partial charge in [-0.15, -0.1) is 0 Å². The minimum atomic E-state index is -0.194. The van der Waals surface area contributed by atoms with Gasteiger partial charge >= 0.3 is 0 Å². The van der Waals surface area contributed by atoms with Crippen LogP contribution in [-0.2, 0) is 0 Å². The number of quaternary nitrogens is 1. The molecule has 0 bridgehead atoms. The van der Waals surface area contributed by atoms with E-state index >= 15 is 0 Å². The zero-order chi connectivity index (χ0) is 11.7. The van der Waals surface area contributed by atoms with Gasteiger partial charge in [0.05, 0.1) is 21.1 Å². The fourth-order valence-corrected chi connectivity index (χ4v) is 1.67. The summed E-state index contributed by atoms with van der Waals surface area (Å²) in [6.45, 7) is 2.25. The van der Waals surface area contributed by atoms with E-state index in [1.54, 1.807) is 0 Å². The largest absolute Gasteiger partial charge is 1.00 e. The molecule has 0 aliphatic carbocycles. The minimum Gasteiger partial charge on any atom is -1.00 e. The summed E-state index contributed by atoms with van der Waals surface area (Å²) in [5.74, 6) is 0. The van der Waals surface area contributed by atoms with E-state index in [1.807, 2.05) is 21.1 Å². The lowest BCUT2D eigenvalue weighted by atomic mass is 10.1. The van der Waals surface area contributed by atoms with E-state index in [9.17, 15) is 5.11 Å². The lowest BCUT2D eigenvalue weighted by Crippen LogP contribution is -3.00. The Kier molecular flexibility index (Phi) is 12.0. The first kappa shape index (κ1) is 18.6. The number of unbranched alkanes of at least 4 members (excludes halogenated alkanes) is 6. The van der Waals surface area contributed by atoms with Gasteiger partial charge in [0.1, 0.15) is 0 Å². The Labute approximate surface area is 108 Å². The van der Waals surface area contributed by atoms with E-state index in [0.29, 0.717) is 4.48 Å². The minimum absolute atomic E-state index is 0. The monoisotopic (exact) mass is 251 g/mol. The lowest BCUT2D eigenvalue weighted by Gasteiger charge is -2.29.